The van der Waals surface area contributed by atoms with Crippen molar-refractivity contribution in [1.82, 2.24) is 4.98 Å². The number of halogens is 2. The number of hydrogen-bond acceptors (Lipinski definition) is 3. The number of nitrogens with zero attached hydrogens (tertiary/aromatic N) is 2. The van der Waals surface area contributed by atoms with E-state index >= 15 is 0 Å². The van der Waals surface area contributed by atoms with Crippen LogP contribution in [0.3, 0.4) is 0 Å². The van der Waals surface area contributed by atoms with Crippen molar-refractivity contribution in [2.24, 2.45) is 10.7 Å². The Kier molecular flexibility index (Phi) is 5.49. The molecular formula is C20H17ClFN3O. The Morgan fingerprint density at radius 3 is 2.73 bits per heavy atom. The van der Waals surface area contributed by atoms with Gasteiger partial charge in [-0.3, -0.25) is 4.98 Å². The second-order valence-corrected chi connectivity index (χ2v) is 6.02. The number of aromatic nitrogens is 1. The zero-order valence-electron chi connectivity index (χ0n) is 14.1. The first-order valence-electron chi connectivity index (χ1n) is 7.97. The third-order valence-corrected chi connectivity index (χ3v) is 4.01. The molecule has 1 heterocycles. The maximum Gasteiger partial charge on any atom is 0.146 e. The maximum absolute atomic E-state index is 14.0. The third kappa shape index (κ3) is 4.00. The third-order valence-electron chi connectivity index (χ3n) is 3.66. The van der Waals surface area contributed by atoms with E-state index in [-0.39, 0.29) is 6.61 Å². The molecule has 0 saturated heterocycles. The molecule has 6 heteroatoms. The first-order chi connectivity index (χ1) is 12.6. The van der Waals surface area contributed by atoms with Crippen LogP contribution in [-0.2, 0) is 6.61 Å². The van der Waals surface area contributed by atoms with E-state index in [2.05, 4.69) is 9.98 Å². The molecule has 0 radical (unpaired) electrons. The van der Waals surface area contributed by atoms with Crippen molar-refractivity contribution in [1.29, 1.82) is 0 Å². The molecule has 0 unspecified atom stereocenters. The Balaban J connectivity index is 1.97. The zero-order valence-corrected chi connectivity index (χ0v) is 14.9. The molecule has 0 aliphatic heterocycles. The summed E-state index contributed by atoms with van der Waals surface area (Å²) in [6.45, 7) is 1.71. The van der Waals surface area contributed by atoms with Crippen LogP contribution >= 0.6 is 11.6 Å². The van der Waals surface area contributed by atoms with Crippen LogP contribution in [0.4, 0.5) is 10.1 Å². The Labute approximate surface area is 156 Å². The second kappa shape index (κ2) is 7.97. The number of amidine groups is 1. The fourth-order valence-corrected chi connectivity index (χ4v) is 2.71. The van der Waals surface area contributed by atoms with Gasteiger partial charge in [0.15, 0.2) is 0 Å². The summed E-state index contributed by atoms with van der Waals surface area (Å²) in [5, 5.41) is 0.319. The van der Waals surface area contributed by atoms with Crippen molar-refractivity contribution in [3.05, 3.63) is 77.2 Å². The van der Waals surface area contributed by atoms with Crippen LogP contribution in [0.15, 0.2) is 65.8 Å². The molecule has 0 amide bonds. The molecule has 2 N–H and O–H groups in total. The molecule has 3 rings (SSSR count). The molecule has 1 aromatic heterocycles. The van der Waals surface area contributed by atoms with Crippen LogP contribution < -0.4 is 10.5 Å². The van der Waals surface area contributed by atoms with E-state index in [1.165, 1.54) is 6.07 Å². The maximum atomic E-state index is 14.0. The van der Waals surface area contributed by atoms with Crippen molar-refractivity contribution in [3.8, 4) is 17.0 Å². The van der Waals surface area contributed by atoms with Gasteiger partial charge in [0.05, 0.1) is 16.5 Å². The van der Waals surface area contributed by atoms with Gasteiger partial charge in [0.1, 0.15) is 23.9 Å². The summed E-state index contributed by atoms with van der Waals surface area (Å²) < 4.78 is 19.8. The molecule has 132 valence electrons. The average molecular weight is 370 g/mol. The van der Waals surface area contributed by atoms with Gasteiger partial charge in [-0.05, 0) is 37.3 Å². The van der Waals surface area contributed by atoms with Gasteiger partial charge in [-0.15, -0.1) is 0 Å². The molecule has 2 aromatic carbocycles. The Hall–Kier alpha value is -2.92. The van der Waals surface area contributed by atoms with Gasteiger partial charge in [-0.25, -0.2) is 9.38 Å². The van der Waals surface area contributed by atoms with E-state index in [1.807, 2.05) is 24.3 Å². The van der Waals surface area contributed by atoms with E-state index in [0.29, 0.717) is 33.6 Å². The van der Waals surface area contributed by atoms with Gasteiger partial charge in [0.25, 0.3) is 0 Å². The van der Waals surface area contributed by atoms with Gasteiger partial charge in [-0.1, -0.05) is 35.9 Å². The lowest BCUT2D eigenvalue weighted by atomic mass is 10.1. The van der Waals surface area contributed by atoms with Crippen LogP contribution in [0.2, 0.25) is 5.02 Å². The molecular weight excluding hydrogens is 353 g/mol. The Morgan fingerprint density at radius 2 is 1.96 bits per heavy atom. The van der Waals surface area contributed by atoms with Crippen molar-refractivity contribution in [2.45, 2.75) is 13.5 Å². The topological polar surface area (TPSA) is 60.5 Å². The molecule has 0 aliphatic carbocycles. The van der Waals surface area contributed by atoms with Crippen molar-refractivity contribution >= 4 is 23.1 Å². The highest BCUT2D eigenvalue weighted by Gasteiger charge is 2.14. The number of benzene rings is 2. The van der Waals surface area contributed by atoms with Crippen LogP contribution in [-0.4, -0.2) is 10.8 Å². The Morgan fingerprint density at radius 1 is 1.15 bits per heavy atom. The largest absolute Gasteiger partial charge is 0.486 e. The summed E-state index contributed by atoms with van der Waals surface area (Å²) in [6, 6.07) is 15.5. The van der Waals surface area contributed by atoms with Crippen molar-refractivity contribution in [2.75, 3.05) is 0 Å². The molecule has 0 atom stereocenters. The van der Waals surface area contributed by atoms with Crippen LogP contribution in [0, 0.1) is 5.82 Å². The zero-order chi connectivity index (χ0) is 18.5. The number of hydrogen-bond donors (Lipinski definition) is 1. The molecule has 3 aromatic rings. The number of pyridine rings is 1. The van der Waals surface area contributed by atoms with Gasteiger partial charge >= 0.3 is 0 Å². The summed E-state index contributed by atoms with van der Waals surface area (Å²) in [5.74, 6) is 0.532. The lowest BCUT2D eigenvalue weighted by Crippen LogP contribution is -2.04. The minimum absolute atomic E-state index is 0.00838. The molecule has 0 aliphatic rings. The van der Waals surface area contributed by atoms with Gasteiger partial charge < -0.3 is 10.5 Å². The monoisotopic (exact) mass is 369 g/mol. The highest BCUT2D eigenvalue weighted by atomic mass is 35.5. The van der Waals surface area contributed by atoms with Gasteiger partial charge in [0, 0.05) is 17.3 Å². The summed E-state index contributed by atoms with van der Waals surface area (Å²) in [5.41, 5.74) is 8.07. The Bertz CT molecular complexity index is 935. The lowest BCUT2D eigenvalue weighted by molar-refractivity contribution is 0.300. The highest BCUT2D eigenvalue weighted by molar-refractivity contribution is 6.31. The summed E-state index contributed by atoms with van der Waals surface area (Å²) in [4.78, 5) is 8.75. The quantitative estimate of drug-likeness (QED) is 0.501. The minimum atomic E-state index is -0.410. The average Bonchev–Trinajstić information content (AvgIpc) is 2.62. The smallest absolute Gasteiger partial charge is 0.146 e. The van der Waals surface area contributed by atoms with E-state index < -0.39 is 5.82 Å². The predicted molar refractivity (Wildman–Crippen MR) is 102 cm³/mol. The summed E-state index contributed by atoms with van der Waals surface area (Å²) in [7, 11) is 0. The molecule has 4 nitrogen and oxygen atoms in total. The minimum Gasteiger partial charge on any atom is -0.486 e. The van der Waals surface area contributed by atoms with Crippen LogP contribution in [0.5, 0.6) is 5.75 Å². The normalized spacial score (nSPS) is 11.4. The first kappa shape index (κ1) is 17.9. The van der Waals surface area contributed by atoms with E-state index in [1.54, 1.807) is 37.4 Å². The summed E-state index contributed by atoms with van der Waals surface area (Å²) >= 11 is 6.07. The molecule has 26 heavy (non-hydrogen) atoms. The van der Waals surface area contributed by atoms with Crippen LogP contribution in [0.25, 0.3) is 11.3 Å². The lowest BCUT2D eigenvalue weighted by Gasteiger charge is -2.13. The fraction of sp³-hybridized carbons (Fsp3) is 0.100. The van der Waals surface area contributed by atoms with E-state index in [9.17, 15) is 4.39 Å². The highest BCUT2D eigenvalue weighted by Crippen LogP contribution is 2.35. The predicted octanol–water partition coefficient (Wildman–Crippen LogP) is 5.13. The molecule has 0 bridgehead atoms. The second-order valence-electron chi connectivity index (χ2n) is 5.61. The number of aliphatic imine (C=N–C) groups is 1. The number of rotatable bonds is 5. The van der Waals surface area contributed by atoms with Crippen LogP contribution in [0.1, 0.15) is 12.5 Å². The van der Waals surface area contributed by atoms with Gasteiger partial charge in [-0.2, -0.15) is 0 Å². The SMILES string of the molecule is CC(N)=Nc1ccccc1-c1ncccc1OCc1c(F)cccc1Cl. The standard InChI is InChI=1S/C20H17ClFN3O/c1-13(23)25-18-9-3-2-6-14(18)20-19(10-5-11-24-20)26-12-15-16(21)7-4-8-17(15)22/h2-11H,12H2,1H3,(H2,23,25). The molecule has 0 spiro atoms. The van der Waals surface area contributed by atoms with Crippen molar-refractivity contribution < 1.29 is 9.13 Å². The molecule has 0 saturated carbocycles. The van der Waals surface area contributed by atoms with E-state index in [4.69, 9.17) is 22.1 Å². The summed E-state index contributed by atoms with van der Waals surface area (Å²) in [6.07, 6.45) is 1.66. The number of nitrogens with two attached hydrogens (primary N) is 1. The van der Waals surface area contributed by atoms with Gasteiger partial charge in [0.2, 0.25) is 0 Å². The number of para-hydroxylation sites is 1. The van der Waals surface area contributed by atoms with Crippen molar-refractivity contribution in [3.63, 3.8) is 0 Å². The number of ether oxygens (including phenoxy) is 1. The fourth-order valence-electron chi connectivity index (χ4n) is 2.49. The molecule has 0 fully saturated rings. The first-order valence-corrected chi connectivity index (χ1v) is 8.35. The van der Waals surface area contributed by atoms with E-state index in [0.717, 1.165) is 5.56 Å².